The lowest BCUT2D eigenvalue weighted by atomic mass is 9.89. The predicted octanol–water partition coefficient (Wildman–Crippen LogP) is 5.05. The van der Waals surface area contributed by atoms with E-state index in [1.807, 2.05) is 13.0 Å². The lowest BCUT2D eigenvalue weighted by molar-refractivity contribution is -0.118. The van der Waals surface area contributed by atoms with Crippen molar-refractivity contribution in [1.29, 1.82) is 0 Å². The molecule has 2 unspecified atom stereocenters. The second-order valence-electron chi connectivity index (χ2n) is 8.00. The van der Waals surface area contributed by atoms with Crippen molar-refractivity contribution in [3.05, 3.63) is 55.4 Å². The molecule has 0 saturated carbocycles. The van der Waals surface area contributed by atoms with E-state index in [4.69, 9.17) is 11.6 Å². The fraction of sp³-hybridized carbons (Fsp3) is 0.409. The standard InChI is InChI=1S/C22H24ClN3O2S/c1-11-5-8-16-18(9-11)29-21-19(16)22(28)26(14(4)24-21)13(3)20(27)25-15-7-6-12(2)17(23)10-15/h6-7,10-11,13H,5,8-9H2,1-4H3,(H,25,27). The van der Waals surface area contributed by atoms with Crippen LogP contribution >= 0.6 is 22.9 Å². The molecule has 0 radical (unpaired) electrons. The molecule has 0 aliphatic heterocycles. The molecule has 152 valence electrons. The molecule has 1 aromatic carbocycles. The predicted molar refractivity (Wildman–Crippen MR) is 119 cm³/mol. The molecule has 0 saturated heterocycles. The maximum absolute atomic E-state index is 13.4. The van der Waals surface area contributed by atoms with E-state index in [-0.39, 0.29) is 11.5 Å². The van der Waals surface area contributed by atoms with Gasteiger partial charge >= 0.3 is 0 Å². The topological polar surface area (TPSA) is 64.0 Å². The maximum Gasteiger partial charge on any atom is 0.263 e. The minimum absolute atomic E-state index is 0.121. The molecule has 1 aliphatic rings. The first kappa shape index (κ1) is 20.1. The van der Waals surface area contributed by atoms with Crippen molar-refractivity contribution in [2.75, 3.05) is 5.32 Å². The van der Waals surface area contributed by atoms with Crippen molar-refractivity contribution >= 4 is 44.7 Å². The van der Waals surface area contributed by atoms with Crippen LogP contribution in [0.5, 0.6) is 0 Å². The van der Waals surface area contributed by atoms with Gasteiger partial charge in [0.25, 0.3) is 5.56 Å². The molecule has 3 aromatic rings. The van der Waals surface area contributed by atoms with Crippen LogP contribution in [0.25, 0.3) is 10.2 Å². The molecule has 1 N–H and O–H groups in total. The number of rotatable bonds is 3. The summed E-state index contributed by atoms with van der Waals surface area (Å²) in [5.74, 6) is 0.914. The van der Waals surface area contributed by atoms with Gasteiger partial charge in [-0.25, -0.2) is 4.98 Å². The summed E-state index contributed by atoms with van der Waals surface area (Å²) >= 11 is 7.79. The van der Waals surface area contributed by atoms with Gasteiger partial charge in [-0.15, -0.1) is 11.3 Å². The average Bonchev–Trinajstić information content (AvgIpc) is 3.01. The van der Waals surface area contributed by atoms with E-state index in [1.165, 1.54) is 9.44 Å². The quantitative estimate of drug-likeness (QED) is 0.633. The number of amides is 1. The van der Waals surface area contributed by atoms with Crippen LogP contribution < -0.4 is 10.9 Å². The van der Waals surface area contributed by atoms with Gasteiger partial charge in [-0.1, -0.05) is 24.6 Å². The average molecular weight is 430 g/mol. The van der Waals surface area contributed by atoms with Crippen LogP contribution in [-0.2, 0) is 17.6 Å². The van der Waals surface area contributed by atoms with Crippen molar-refractivity contribution in [2.24, 2.45) is 5.92 Å². The molecule has 5 nitrogen and oxygen atoms in total. The van der Waals surface area contributed by atoms with E-state index in [1.54, 1.807) is 37.3 Å². The highest BCUT2D eigenvalue weighted by Gasteiger charge is 2.26. The lowest BCUT2D eigenvalue weighted by Gasteiger charge is -2.19. The second kappa shape index (κ2) is 7.58. The molecule has 1 aliphatic carbocycles. The van der Waals surface area contributed by atoms with Crippen LogP contribution in [-0.4, -0.2) is 15.5 Å². The Balaban J connectivity index is 1.71. The zero-order valence-electron chi connectivity index (χ0n) is 17.0. The van der Waals surface area contributed by atoms with E-state index in [9.17, 15) is 9.59 Å². The summed E-state index contributed by atoms with van der Waals surface area (Å²) in [5, 5.41) is 4.15. The summed E-state index contributed by atoms with van der Waals surface area (Å²) in [6, 6.07) is 4.69. The van der Waals surface area contributed by atoms with Gasteiger partial charge in [0, 0.05) is 15.6 Å². The molecule has 2 heterocycles. The number of anilines is 1. The van der Waals surface area contributed by atoms with Gasteiger partial charge in [-0.05, 0) is 69.2 Å². The summed E-state index contributed by atoms with van der Waals surface area (Å²) in [4.78, 5) is 33.0. The Morgan fingerprint density at radius 2 is 2.14 bits per heavy atom. The largest absolute Gasteiger partial charge is 0.324 e. The van der Waals surface area contributed by atoms with Gasteiger partial charge in [0.15, 0.2) is 0 Å². The minimum Gasteiger partial charge on any atom is -0.324 e. The van der Waals surface area contributed by atoms with E-state index >= 15 is 0 Å². The molecule has 1 amide bonds. The van der Waals surface area contributed by atoms with Crippen molar-refractivity contribution in [1.82, 2.24) is 9.55 Å². The van der Waals surface area contributed by atoms with E-state index in [2.05, 4.69) is 17.2 Å². The molecule has 0 spiro atoms. The van der Waals surface area contributed by atoms with Crippen molar-refractivity contribution in [3.8, 4) is 0 Å². The van der Waals surface area contributed by atoms with Crippen LogP contribution in [0.4, 0.5) is 5.69 Å². The van der Waals surface area contributed by atoms with Crippen LogP contribution in [0, 0.1) is 19.8 Å². The number of aromatic nitrogens is 2. The van der Waals surface area contributed by atoms with Gasteiger partial charge in [0.05, 0.1) is 5.39 Å². The Morgan fingerprint density at radius 3 is 2.86 bits per heavy atom. The Kier molecular flexibility index (Phi) is 5.25. The van der Waals surface area contributed by atoms with Crippen molar-refractivity contribution in [2.45, 2.75) is 53.0 Å². The number of fused-ring (bicyclic) bond motifs is 3. The lowest BCUT2D eigenvalue weighted by Crippen LogP contribution is -2.34. The molecule has 4 rings (SSSR count). The summed E-state index contributed by atoms with van der Waals surface area (Å²) in [5.41, 5.74) is 2.56. The molecule has 2 aromatic heterocycles. The molecular weight excluding hydrogens is 406 g/mol. The highest BCUT2D eigenvalue weighted by atomic mass is 35.5. The van der Waals surface area contributed by atoms with Crippen LogP contribution in [0.1, 0.15) is 48.1 Å². The first-order chi connectivity index (χ1) is 13.8. The number of nitrogens with zero attached hydrogens (tertiary/aromatic N) is 2. The molecule has 2 atom stereocenters. The Hall–Kier alpha value is -2.18. The monoisotopic (exact) mass is 429 g/mol. The van der Waals surface area contributed by atoms with Gasteiger partial charge < -0.3 is 5.32 Å². The zero-order chi connectivity index (χ0) is 20.9. The van der Waals surface area contributed by atoms with Crippen LogP contribution in [0.3, 0.4) is 0 Å². The summed E-state index contributed by atoms with van der Waals surface area (Å²) < 4.78 is 1.51. The SMILES string of the molecule is Cc1ccc(NC(=O)C(C)n2c(C)nc3sc4c(c3c2=O)CCC(C)C4)cc1Cl. The van der Waals surface area contributed by atoms with Crippen molar-refractivity contribution < 1.29 is 4.79 Å². The zero-order valence-corrected chi connectivity index (χ0v) is 18.6. The number of nitrogens with one attached hydrogen (secondary N) is 1. The van der Waals surface area contributed by atoms with Crippen molar-refractivity contribution in [3.63, 3.8) is 0 Å². The smallest absolute Gasteiger partial charge is 0.263 e. The summed E-state index contributed by atoms with van der Waals surface area (Å²) in [6.45, 7) is 7.67. The molecular formula is C22H24ClN3O2S. The number of carbonyl (C=O) groups excluding carboxylic acids is 1. The number of carbonyl (C=O) groups is 1. The molecule has 0 bridgehead atoms. The third-order valence-corrected chi connectivity index (χ3v) is 7.30. The number of hydrogen-bond donors (Lipinski definition) is 1. The number of hydrogen-bond acceptors (Lipinski definition) is 4. The first-order valence-corrected chi connectivity index (χ1v) is 11.1. The van der Waals surface area contributed by atoms with Gasteiger partial charge in [0.1, 0.15) is 16.7 Å². The van der Waals surface area contributed by atoms with Crippen LogP contribution in [0.2, 0.25) is 5.02 Å². The van der Waals surface area contributed by atoms with E-state index in [0.29, 0.717) is 27.8 Å². The minimum atomic E-state index is -0.683. The summed E-state index contributed by atoms with van der Waals surface area (Å²) in [6.07, 6.45) is 2.98. The highest BCUT2D eigenvalue weighted by molar-refractivity contribution is 7.18. The number of benzene rings is 1. The summed E-state index contributed by atoms with van der Waals surface area (Å²) in [7, 11) is 0. The third kappa shape index (κ3) is 3.60. The Bertz CT molecular complexity index is 1180. The Morgan fingerprint density at radius 1 is 1.38 bits per heavy atom. The molecule has 0 fully saturated rings. The fourth-order valence-corrected chi connectivity index (χ4v) is 5.59. The van der Waals surface area contributed by atoms with Gasteiger partial charge in [0.2, 0.25) is 5.91 Å². The van der Waals surface area contributed by atoms with E-state index in [0.717, 1.165) is 35.2 Å². The normalized spacial score (nSPS) is 17.2. The fourth-order valence-electron chi connectivity index (χ4n) is 3.99. The number of halogens is 1. The number of thiophene rings is 1. The maximum atomic E-state index is 13.4. The second-order valence-corrected chi connectivity index (χ2v) is 9.49. The number of aryl methyl sites for hydroxylation is 3. The van der Waals surface area contributed by atoms with Crippen LogP contribution in [0.15, 0.2) is 23.0 Å². The molecule has 7 heteroatoms. The van der Waals surface area contributed by atoms with E-state index < -0.39 is 6.04 Å². The highest BCUT2D eigenvalue weighted by Crippen LogP contribution is 2.36. The van der Waals surface area contributed by atoms with Gasteiger partial charge in [-0.3, -0.25) is 14.2 Å². The first-order valence-electron chi connectivity index (χ1n) is 9.86. The molecule has 29 heavy (non-hydrogen) atoms. The third-order valence-electron chi connectivity index (χ3n) is 5.74. The van der Waals surface area contributed by atoms with Gasteiger partial charge in [-0.2, -0.15) is 0 Å². The Labute approximate surface area is 178 Å².